The Bertz CT molecular complexity index is 707. The number of nitrogens with two attached hydrogens (primary N) is 1. The first-order valence-electron chi connectivity index (χ1n) is 8.62. The average Bonchev–Trinajstić information content (AvgIpc) is 3.07. The molecular formula is C18H27Cl2N5O. The molecule has 0 spiro atoms. The summed E-state index contributed by atoms with van der Waals surface area (Å²) in [4.78, 5) is 14.9. The molecule has 1 aliphatic heterocycles. The smallest absolute Gasteiger partial charge is 0.230 e. The van der Waals surface area contributed by atoms with E-state index in [-0.39, 0.29) is 30.7 Å². The highest BCUT2D eigenvalue weighted by Crippen LogP contribution is 2.30. The van der Waals surface area contributed by atoms with Gasteiger partial charge in [0.1, 0.15) is 0 Å². The van der Waals surface area contributed by atoms with Gasteiger partial charge in [-0.15, -0.1) is 35.0 Å². The minimum Gasteiger partial charge on any atom is -0.333 e. The summed E-state index contributed by atoms with van der Waals surface area (Å²) >= 11 is 0. The summed E-state index contributed by atoms with van der Waals surface area (Å²) in [7, 11) is 0. The predicted molar refractivity (Wildman–Crippen MR) is 107 cm³/mol. The molecular weight excluding hydrogens is 373 g/mol. The standard InChI is InChI=1S/C18H25N5O.2ClH/c1-3-18(4-2,13-19)17(24)22-10-11-23-15(12-22)20-21-16(23)14-8-6-5-7-9-14;;/h5-9H,3-4,10-13,19H2,1-2H3;2*1H. The molecule has 0 bridgehead atoms. The van der Waals surface area contributed by atoms with Gasteiger partial charge >= 0.3 is 0 Å². The molecule has 0 atom stereocenters. The normalized spacial score (nSPS) is 13.4. The Kier molecular flexibility index (Phi) is 8.06. The van der Waals surface area contributed by atoms with Crippen molar-refractivity contribution in [1.82, 2.24) is 19.7 Å². The van der Waals surface area contributed by atoms with Gasteiger partial charge in [0.15, 0.2) is 11.6 Å². The van der Waals surface area contributed by atoms with Crippen molar-refractivity contribution in [2.75, 3.05) is 13.1 Å². The minimum atomic E-state index is -0.454. The zero-order chi connectivity index (χ0) is 17.2. The van der Waals surface area contributed by atoms with E-state index in [9.17, 15) is 4.79 Å². The van der Waals surface area contributed by atoms with E-state index in [1.807, 2.05) is 49.1 Å². The molecule has 1 amide bonds. The Balaban J connectivity index is 0.00000169. The molecule has 1 aliphatic rings. The molecule has 1 aromatic carbocycles. The van der Waals surface area contributed by atoms with E-state index >= 15 is 0 Å². The van der Waals surface area contributed by atoms with Crippen LogP contribution in [-0.2, 0) is 17.9 Å². The van der Waals surface area contributed by atoms with E-state index in [0.29, 0.717) is 26.2 Å². The van der Waals surface area contributed by atoms with E-state index in [1.54, 1.807) is 0 Å². The zero-order valence-corrected chi connectivity index (χ0v) is 16.9. The molecule has 0 fully saturated rings. The maximum atomic E-state index is 13.0. The molecule has 26 heavy (non-hydrogen) atoms. The van der Waals surface area contributed by atoms with Crippen LogP contribution >= 0.6 is 24.8 Å². The van der Waals surface area contributed by atoms with Gasteiger partial charge in [-0.1, -0.05) is 44.2 Å². The van der Waals surface area contributed by atoms with Crippen LogP contribution in [0.5, 0.6) is 0 Å². The highest BCUT2D eigenvalue weighted by Gasteiger charge is 2.38. The lowest BCUT2D eigenvalue weighted by molar-refractivity contribution is -0.143. The second kappa shape index (κ2) is 9.35. The van der Waals surface area contributed by atoms with E-state index < -0.39 is 5.41 Å². The van der Waals surface area contributed by atoms with Crippen molar-refractivity contribution in [3.8, 4) is 11.4 Å². The first-order chi connectivity index (χ1) is 11.6. The van der Waals surface area contributed by atoms with Gasteiger partial charge in [0, 0.05) is 25.2 Å². The third kappa shape index (κ3) is 3.87. The molecule has 0 unspecified atom stereocenters. The quantitative estimate of drug-likeness (QED) is 0.837. The molecule has 2 aromatic rings. The fourth-order valence-corrected chi connectivity index (χ4v) is 3.40. The van der Waals surface area contributed by atoms with Gasteiger partial charge in [0.25, 0.3) is 0 Å². The summed E-state index contributed by atoms with van der Waals surface area (Å²) < 4.78 is 2.11. The molecule has 144 valence electrons. The lowest BCUT2D eigenvalue weighted by atomic mass is 9.81. The Morgan fingerprint density at radius 1 is 1.12 bits per heavy atom. The van der Waals surface area contributed by atoms with Crippen molar-refractivity contribution in [2.45, 2.75) is 39.8 Å². The van der Waals surface area contributed by atoms with Gasteiger partial charge in [-0.25, -0.2) is 0 Å². The van der Waals surface area contributed by atoms with Crippen LogP contribution in [0.4, 0.5) is 0 Å². The molecule has 0 saturated heterocycles. The Morgan fingerprint density at radius 2 is 1.77 bits per heavy atom. The Hall–Kier alpha value is -1.63. The van der Waals surface area contributed by atoms with Gasteiger partial charge in [0.05, 0.1) is 12.0 Å². The van der Waals surface area contributed by atoms with E-state index in [0.717, 1.165) is 30.1 Å². The Labute approximate surface area is 167 Å². The van der Waals surface area contributed by atoms with Crippen LogP contribution < -0.4 is 5.73 Å². The number of carbonyl (C=O) groups excluding carboxylic acids is 1. The lowest BCUT2D eigenvalue weighted by Gasteiger charge is -2.37. The maximum Gasteiger partial charge on any atom is 0.230 e. The number of aromatic nitrogens is 3. The van der Waals surface area contributed by atoms with Crippen LogP contribution in [0, 0.1) is 5.41 Å². The van der Waals surface area contributed by atoms with Crippen molar-refractivity contribution in [1.29, 1.82) is 0 Å². The second-order valence-electron chi connectivity index (χ2n) is 6.38. The number of benzene rings is 1. The molecule has 0 radical (unpaired) electrons. The van der Waals surface area contributed by atoms with Gasteiger partial charge in [-0.05, 0) is 12.8 Å². The van der Waals surface area contributed by atoms with Gasteiger partial charge in [0.2, 0.25) is 5.91 Å². The highest BCUT2D eigenvalue weighted by molar-refractivity contribution is 5.85. The average molecular weight is 400 g/mol. The van der Waals surface area contributed by atoms with E-state index in [1.165, 1.54) is 0 Å². The van der Waals surface area contributed by atoms with E-state index in [4.69, 9.17) is 5.73 Å². The van der Waals surface area contributed by atoms with Crippen LogP contribution in [0.3, 0.4) is 0 Å². The third-order valence-corrected chi connectivity index (χ3v) is 5.27. The summed E-state index contributed by atoms with van der Waals surface area (Å²) in [5.74, 6) is 1.85. The molecule has 1 aromatic heterocycles. The second-order valence-corrected chi connectivity index (χ2v) is 6.38. The monoisotopic (exact) mass is 399 g/mol. The third-order valence-electron chi connectivity index (χ3n) is 5.27. The molecule has 2 heterocycles. The predicted octanol–water partition coefficient (Wildman–Crippen LogP) is 2.90. The van der Waals surface area contributed by atoms with Gasteiger partial charge < -0.3 is 15.2 Å². The number of amides is 1. The molecule has 2 N–H and O–H groups in total. The number of carbonyl (C=O) groups is 1. The SMILES string of the molecule is CCC(CC)(CN)C(=O)N1CCn2c(nnc2-c2ccccc2)C1.Cl.Cl. The fourth-order valence-electron chi connectivity index (χ4n) is 3.40. The summed E-state index contributed by atoms with van der Waals surface area (Å²) in [6.07, 6.45) is 1.52. The fraction of sp³-hybridized carbons (Fsp3) is 0.500. The van der Waals surface area contributed by atoms with Crippen LogP contribution in [0.15, 0.2) is 30.3 Å². The van der Waals surface area contributed by atoms with Crippen molar-refractivity contribution < 1.29 is 4.79 Å². The van der Waals surface area contributed by atoms with Crippen LogP contribution in [0.1, 0.15) is 32.5 Å². The summed E-state index contributed by atoms with van der Waals surface area (Å²) in [5.41, 5.74) is 6.53. The number of hydrogen-bond donors (Lipinski definition) is 1. The molecule has 8 heteroatoms. The number of rotatable bonds is 5. The molecule has 0 aliphatic carbocycles. The minimum absolute atomic E-state index is 0. The largest absolute Gasteiger partial charge is 0.333 e. The first kappa shape index (κ1) is 22.4. The Morgan fingerprint density at radius 3 is 2.35 bits per heavy atom. The van der Waals surface area contributed by atoms with Crippen molar-refractivity contribution in [3.63, 3.8) is 0 Å². The first-order valence-corrected chi connectivity index (χ1v) is 8.62. The van der Waals surface area contributed by atoms with Crippen molar-refractivity contribution >= 4 is 30.7 Å². The number of nitrogens with zero attached hydrogens (tertiary/aromatic N) is 4. The van der Waals surface area contributed by atoms with Crippen molar-refractivity contribution in [3.05, 3.63) is 36.2 Å². The number of fused-ring (bicyclic) bond motifs is 1. The maximum absolute atomic E-state index is 13.0. The highest BCUT2D eigenvalue weighted by atomic mass is 35.5. The summed E-state index contributed by atoms with van der Waals surface area (Å²) in [5, 5.41) is 8.65. The molecule has 0 saturated carbocycles. The van der Waals surface area contributed by atoms with Gasteiger partial charge in [-0.3, -0.25) is 4.79 Å². The number of hydrogen-bond acceptors (Lipinski definition) is 4. The number of halogens is 2. The lowest BCUT2D eigenvalue weighted by Crippen LogP contribution is -2.49. The van der Waals surface area contributed by atoms with E-state index in [2.05, 4.69) is 14.8 Å². The van der Waals surface area contributed by atoms with Crippen LogP contribution in [0.2, 0.25) is 0 Å². The molecule has 3 rings (SSSR count). The zero-order valence-electron chi connectivity index (χ0n) is 15.2. The van der Waals surface area contributed by atoms with Crippen LogP contribution in [0.25, 0.3) is 11.4 Å². The topological polar surface area (TPSA) is 77.0 Å². The molecule has 6 nitrogen and oxygen atoms in total. The van der Waals surface area contributed by atoms with Gasteiger partial charge in [-0.2, -0.15) is 0 Å². The summed E-state index contributed by atoms with van der Waals surface area (Å²) in [6.45, 7) is 6.35. The van der Waals surface area contributed by atoms with Crippen molar-refractivity contribution in [2.24, 2.45) is 11.1 Å². The van der Waals surface area contributed by atoms with Crippen LogP contribution in [-0.4, -0.2) is 38.7 Å². The summed E-state index contributed by atoms with van der Waals surface area (Å²) in [6, 6.07) is 10.0.